The first-order chi connectivity index (χ1) is 16.4. The lowest BCUT2D eigenvalue weighted by Crippen LogP contribution is -2.48. The summed E-state index contributed by atoms with van der Waals surface area (Å²) in [7, 11) is 0. The third kappa shape index (κ3) is 5.63. The molecular formula is C24H26FN5O3S. The minimum absolute atomic E-state index is 0.0636. The Bertz CT molecular complexity index is 1090. The van der Waals surface area contributed by atoms with Crippen molar-refractivity contribution >= 4 is 46.8 Å². The summed E-state index contributed by atoms with van der Waals surface area (Å²) in [6.45, 7) is 2.58. The fourth-order valence-electron chi connectivity index (χ4n) is 3.98. The zero-order valence-electron chi connectivity index (χ0n) is 18.5. The normalized spacial score (nSPS) is 18.3. The van der Waals surface area contributed by atoms with Gasteiger partial charge in [-0.25, -0.2) is 9.18 Å². The Morgan fingerprint density at radius 2 is 1.91 bits per heavy atom. The van der Waals surface area contributed by atoms with Crippen molar-refractivity contribution < 1.29 is 18.7 Å². The van der Waals surface area contributed by atoms with Crippen LogP contribution in [0.3, 0.4) is 0 Å². The molecule has 2 aliphatic rings. The molecule has 0 spiro atoms. The van der Waals surface area contributed by atoms with E-state index in [2.05, 4.69) is 5.32 Å². The molecule has 4 rings (SSSR count). The van der Waals surface area contributed by atoms with E-state index in [9.17, 15) is 14.0 Å². The summed E-state index contributed by atoms with van der Waals surface area (Å²) in [6.07, 6.45) is 2.39. The summed E-state index contributed by atoms with van der Waals surface area (Å²) in [4.78, 5) is 29.7. The number of carbonyl (C=O) groups is 2. The Hall–Kier alpha value is -3.66. The first-order valence-electron chi connectivity index (χ1n) is 11.0. The monoisotopic (exact) mass is 483 g/mol. The number of piperazine rings is 1. The van der Waals surface area contributed by atoms with Crippen LogP contribution in [-0.4, -0.2) is 67.4 Å². The summed E-state index contributed by atoms with van der Waals surface area (Å²) in [5.41, 5.74) is 7.23. The van der Waals surface area contributed by atoms with Crippen LogP contribution < -0.4 is 20.9 Å². The SMILES string of the molecule is NC(=S)NC[C@H]1CN(c2ccc(N3CCN(C(=O)/C=C/c4ccccc4)CC3)c(F)c2)C(=O)O1. The van der Waals surface area contributed by atoms with Crippen molar-refractivity contribution in [3.05, 3.63) is 66.0 Å². The number of rotatable bonds is 6. The third-order valence-corrected chi connectivity index (χ3v) is 5.92. The minimum Gasteiger partial charge on any atom is -0.442 e. The van der Waals surface area contributed by atoms with Crippen LogP contribution in [-0.2, 0) is 9.53 Å². The number of hydrogen-bond acceptors (Lipinski definition) is 5. The van der Waals surface area contributed by atoms with Crippen molar-refractivity contribution in [2.24, 2.45) is 5.73 Å². The Kier molecular flexibility index (Phi) is 7.27. The second-order valence-electron chi connectivity index (χ2n) is 8.05. The molecule has 0 aromatic heterocycles. The summed E-state index contributed by atoms with van der Waals surface area (Å²) in [5.74, 6) is -0.495. The highest BCUT2D eigenvalue weighted by molar-refractivity contribution is 7.80. The lowest BCUT2D eigenvalue weighted by atomic mass is 10.2. The Labute approximate surface area is 202 Å². The van der Waals surface area contributed by atoms with Crippen LogP contribution in [0.4, 0.5) is 20.6 Å². The highest BCUT2D eigenvalue weighted by Gasteiger charge is 2.33. The summed E-state index contributed by atoms with van der Waals surface area (Å²) in [6, 6.07) is 14.3. The molecule has 2 saturated heterocycles. The molecule has 2 aromatic carbocycles. The number of nitrogens with zero attached hydrogens (tertiary/aromatic N) is 3. The maximum Gasteiger partial charge on any atom is 0.414 e. The Balaban J connectivity index is 1.33. The molecule has 0 saturated carbocycles. The number of halogens is 1. The van der Waals surface area contributed by atoms with Gasteiger partial charge in [-0.05, 0) is 42.1 Å². The van der Waals surface area contributed by atoms with Gasteiger partial charge < -0.3 is 25.6 Å². The molecule has 10 heteroatoms. The zero-order chi connectivity index (χ0) is 24.1. The molecule has 2 fully saturated rings. The number of hydrogen-bond donors (Lipinski definition) is 2. The molecule has 34 heavy (non-hydrogen) atoms. The number of amides is 2. The number of nitrogens with one attached hydrogen (secondary N) is 1. The van der Waals surface area contributed by atoms with Gasteiger partial charge >= 0.3 is 6.09 Å². The van der Waals surface area contributed by atoms with Gasteiger partial charge in [0, 0.05) is 32.3 Å². The van der Waals surface area contributed by atoms with E-state index < -0.39 is 18.0 Å². The molecule has 0 bridgehead atoms. The summed E-state index contributed by atoms with van der Waals surface area (Å²) >= 11 is 4.76. The van der Waals surface area contributed by atoms with Crippen molar-refractivity contribution in [3.8, 4) is 0 Å². The lowest BCUT2D eigenvalue weighted by Gasteiger charge is -2.36. The van der Waals surface area contributed by atoms with Crippen molar-refractivity contribution in [3.63, 3.8) is 0 Å². The van der Waals surface area contributed by atoms with Crippen LogP contribution in [0.25, 0.3) is 6.08 Å². The number of nitrogens with two attached hydrogens (primary N) is 1. The zero-order valence-corrected chi connectivity index (χ0v) is 19.3. The number of thiocarbonyl (C=S) groups is 1. The van der Waals surface area contributed by atoms with Gasteiger partial charge in [0.2, 0.25) is 5.91 Å². The van der Waals surface area contributed by atoms with E-state index in [1.165, 1.54) is 11.0 Å². The molecule has 8 nitrogen and oxygen atoms in total. The third-order valence-electron chi connectivity index (χ3n) is 5.77. The predicted octanol–water partition coefficient (Wildman–Crippen LogP) is 2.35. The highest BCUT2D eigenvalue weighted by atomic mass is 32.1. The molecule has 2 heterocycles. The second kappa shape index (κ2) is 10.5. The predicted molar refractivity (Wildman–Crippen MR) is 133 cm³/mol. The van der Waals surface area contributed by atoms with E-state index in [0.717, 1.165) is 5.56 Å². The molecule has 3 N–H and O–H groups in total. The van der Waals surface area contributed by atoms with E-state index in [1.807, 2.05) is 35.2 Å². The molecule has 178 valence electrons. The average molecular weight is 484 g/mol. The van der Waals surface area contributed by atoms with Crippen LogP contribution in [0.15, 0.2) is 54.6 Å². The molecular weight excluding hydrogens is 457 g/mol. The quantitative estimate of drug-likeness (QED) is 0.481. The lowest BCUT2D eigenvalue weighted by molar-refractivity contribution is -0.126. The van der Waals surface area contributed by atoms with E-state index in [0.29, 0.717) is 44.1 Å². The Morgan fingerprint density at radius 1 is 1.18 bits per heavy atom. The number of ether oxygens (including phenoxy) is 1. The number of cyclic esters (lactones) is 1. The first-order valence-corrected chi connectivity index (χ1v) is 11.4. The molecule has 0 aliphatic carbocycles. The molecule has 2 aromatic rings. The maximum atomic E-state index is 15.0. The van der Waals surface area contributed by atoms with E-state index in [4.69, 9.17) is 22.7 Å². The highest BCUT2D eigenvalue weighted by Crippen LogP contribution is 2.28. The van der Waals surface area contributed by atoms with Crippen molar-refractivity contribution in [1.29, 1.82) is 0 Å². The molecule has 2 aliphatic heterocycles. The topological polar surface area (TPSA) is 91.1 Å². The van der Waals surface area contributed by atoms with E-state index in [-0.39, 0.29) is 17.6 Å². The average Bonchev–Trinajstić information content (AvgIpc) is 3.22. The first kappa shape index (κ1) is 23.5. The standard InChI is InChI=1S/C24H26FN5O3S/c25-20-14-18(30-16-19(33-24(30)32)15-27-23(26)34)7-8-21(20)28-10-12-29(13-11-28)22(31)9-6-17-4-2-1-3-5-17/h1-9,14,19H,10-13,15-16H2,(H3,26,27,34)/b9-6+/t19-/m0/s1. The van der Waals surface area contributed by atoms with Gasteiger partial charge in [-0.15, -0.1) is 0 Å². The fraction of sp³-hybridized carbons (Fsp3) is 0.292. The summed E-state index contributed by atoms with van der Waals surface area (Å²) in [5, 5.41) is 2.89. The fourth-order valence-corrected chi connectivity index (χ4v) is 4.06. The van der Waals surface area contributed by atoms with Crippen LogP contribution in [0, 0.1) is 5.82 Å². The van der Waals surface area contributed by atoms with E-state index in [1.54, 1.807) is 29.2 Å². The molecule has 0 unspecified atom stereocenters. The Morgan fingerprint density at radius 3 is 2.59 bits per heavy atom. The van der Waals surface area contributed by atoms with Gasteiger partial charge in [0.25, 0.3) is 0 Å². The molecule has 2 amide bonds. The smallest absolute Gasteiger partial charge is 0.414 e. The molecule has 0 radical (unpaired) electrons. The molecule has 1 atom stereocenters. The number of anilines is 2. The van der Waals surface area contributed by atoms with Gasteiger partial charge in [0.15, 0.2) is 5.11 Å². The minimum atomic E-state index is -0.544. The van der Waals surface area contributed by atoms with Crippen molar-refractivity contribution in [2.45, 2.75) is 6.10 Å². The number of carbonyl (C=O) groups excluding carboxylic acids is 2. The van der Waals surface area contributed by atoms with Crippen LogP contribution >= 0.6 is 12.2 Å². The second-order valence-corrected chi connectivity index (χ2v) is 8.49. The van der Waals surface area contributed by atoms with Gasteiger partial charge in [-0.2, -0.15) is 0 Å². The van der Waals surface area contributed by atoms with Crippen LogP contribution in [0.1, 0.15) is 5.56 Å². The summed E-state index contributed by atoms with van der Waals surface area (Å²) < 4.78 is 20.3. The van der Waals surface area contributed by atoms with Crippen molar-refractivity contribution in [2.75, 3.05) is 49.1 Å². The van der Waals surface area contributed by atoms with E-state index >= 15 is 0 Å². The van der Waals surface area contributed by atoms with Gasteiger partial charge in [-0.1, -0.05) is 30.3 Å². The van der Waals surface area contributed by atoms with Crippen molar-refractivity contribution in [1.82, 2.24) is 10.2 Å². The van der Waals surface area contributed by atoms with Gasteiger partial charge in [-0.3, -0.25) is 9.69 Å². The number of benzene rings is 2. The van der Waals surface area contributed by atoms with Gasteiger partial charge in [0.1, 0.15) is 11.9 Å². The van der Waals surface area contributed by atoms with Gasteiger partial charge in [0.05, 0.1) is 24.5 Å². The van der Waals surface area contributed by atoms with Crippen LogP contribution in [0.5, 0.6) is 0 Å². The maximum absolute atomic E-state index is 15.0. The largest absolute Gasteiger partial charge is 0.442 e. The van der Waals surface area contributed by atoms with Crippen LogP contribution in [0.2, 0.25) is 0 Å².